The average molecular weight is 394 g/mol. The van der Waals surface area contributed by atoms with Gasteiger partial charge in [-0.05, 0) is 30.3 Å². The lowest BCUT2D eigenvalue weighted by Crippen LogP contribution is -2.13. The highest BCUT2D eigenvalue weighted by atomic mass is 35.5. The van der Waals surface area contributed by atoms with Gasteiger partial charge in [-0.25, -0.2) is 0 Å². The van der Waals surface area contributed by atoms with Gasteiger partial charge in [0.15, 0.2) is 0 Å². The fourth-order valence-electron chi connectivity index (χ4n) is 3.00. The van der Waals surface area contributed by atoms with Crippen LogP contribution in [0.4, 0.5) is 5.69 Å². The number of carbonyl (C=O) groups is 1. The van der Waals surface area contributed by atoms with Crippen LogP contribution >= 0.6 is 11.6 Å². The van der Waals surface area contributed by atoms with Crippen molar-refractivity contribution in [2.75, 3.05) is 12.4 Å². The number of rotatable bonds is 4. The molecule has 7 nitrogen and oxygen atoms in total. The molecule has 1 aromatic carbocycles. The molecule has 28 heavy (non-hydrogen) atoms. The summed E-state index contributed by atoms with van der Waals surface area (Å²) in [5, 5.41) is 8.71. The van der Waals surface area contributed by atoms with Gasteiger partial charge in [0.1, 0.15) is 11.4 Å². The van der Waals surface area contributed by atoms with Gasteiger partial charge in [-0.2, -0.15) is 5.10 Å². The van der Waals surface area contributed by atoms with Gasteiger partial charge in [-0.15, -0.1) is 0 Å². The normalized spacial score (nSPS) is 10.8. The summed E-state index contributed by atoms with van der Waals surface area (Å²) in [6.45, 7) is 0. The molecule has 8 heteroatoms. The molecule has 0 saturated carbocycles. The largest absolute Gasteiger partial charge is 0.496 e. The van der Waals surface area contributed by atoms with E-state index in [4.69, 9.17) is 16.3 Å². The van der Waals surface area contributed by atoms with Gasteiger partial charge in [0.2, 0.25) is 0 Å². The molecule has 0 fully saturated rings. The third-order valence-electron chi connectivity index (χ3n) is 4.25. The summed E-state index contributed by atoms with van der Waals surface area (Å²) in [4.78, 5) is 21.4. The van der Waals surface area contributed by atoms with Crippen LogP contribution in [0.3, 0.4) is 0 Å². The number of aryl methyl sites for hydroxylation is 1. The third-order valence-corrected chi connectivity index (χ3v) is 4.48. The van der Waals surface area contributed by atoms with E-state index in [1.54, 1.807) is 61.7 Å². The van der Waals surface area contributed by atoms with Gasteiger partial charge >= 0.3 is 0 Å². The zero-order chi connectivity index (χ0) is 19.7. The predicted octanol–water partition coefficient (Wildman–Crippen LogP) is 3.94. The number of benzene rings is 1. The number of hydrogen-bond donors (Lipinski definition) is 1. The molecule has 0 unspecified atom stereocenters. The quantitative estimate of drug-likeness (QED) is 0.567. The summed E-state index contributed by atoms with van der Waals surface area (Å²) in [7, 11) is 3.35. The second-order valence-corrected chi connectivity index (χ2v) is 6.56. The topological polar surface area (TPSA) is 81.9 Å². The molecule has 3 heterocycles. The first kappa shape index (κ1) is 17.9. The van der Waals surface area contributed by atoms with Crippen molar-refractivity contribution in [3.8, 4) is 17.0 Å². The molecule has 4 aromatic rings. The second-order valence-electron chi connectivity index (χ2n) is 6.13. The van der Waals surface area contributed by atoms with E-state index in [0.717, 1.165) is 5.39 Å². The van der Waals surface area contributed by atoms with Gasteiger partial charge < -0.3 is 10.1 Å². The molecule has 0 radical (unpaired) electrons. The number of nitrogens with one attached hydrogen (secondary N) is 1. The average Bonchev–Trinajstić information content (AvgIpc) is 3.07. The SMILES string of the molecule is COc1ccc(Cl)cc1-c1nn(C)cc1NC(=O)c1cncc2cccnc12. The highest BCUT2D eigenvalue weighted by Gasteiger charge is 2.19. The molecular formula is C20H16ClN5O2. The standard InChI is InChI=1S/C20H16ClN5O2/c1-26-11-16(19(25-26)14-8-13(21)5-6-17(14)28-2)24-20(27)15-10-22-9-12-4-3-7-23-18(12)15/h3-11H,1-2H3,(H,24,27). The number of ether oxygens (including phenoxy) is 1. The van der Waals surface area contributed by atoms with Crippen LogP contribution in [0.1, 0.15) is 10.4 Å². The lowest BCUT2D eigenvalue weighted by Gasteiger charge is -2.10. The highest BCUT2D eigenvalue weighted by Crippen LogP contribution is 2.36. The Bertz CT molecular complexity index is 1180. The molecule has 0 aliphatic carbocycles. The van der Waals surface area contributed by atoms with E-state index in [1.165, 1.54) is 6.20 Å². The Kier molecular flexibility index (Phi) is 4.67. The van der Waals surface area contributed by atoms with Crippen LogP contribution in [0, 0.1) is 0 Å². The first-order valence-corrected chi connectivity index (χ1v) is 8.82. The summed E-state index contributed by atoms with van der Waals surface area (Å²) in [6.07, 6.45) is 6.54. The van der Waals surface area contributed by atoms with Crippen molar-refractivity contribution in [1.29, 1.82) is 0 Å². The summed E-state index contributed by atoms with van der Waals surface area (Å²) >= 11 is 6.16. The van der Waals surface area contributed by atoms with Crippen molar-refractivity contribution in [2.24, 2.45) is 7.05 Å². The Morgan fingerprint density at radius 3 is 2.93 bits per heavy atom. The smallest absolute Gasteiger partial charge is 0.259 e. The van der Waals surface area contributed by atoms with Crippen molar-refractivity contribution in [3.05, 3.63) is 65.7 Å². The molecule has 3 aromatic heterocycles. The van der Waals surface area contributed by atoms with Crippen LogP contribution in [0.5, 0.6) is 5.75 Å². The Morgan fingerprint density at radius 2 is 2.11 bits per heavy atom. The van der Waals surface area contributed by atoms with E-state index in [2.05, 4.69) is 20.4 Å². The molecule has 0 aliphatic rings. The van der Waals surface area contributed by atoms with Crippen LogP contribution in [-0.2, 0) is 7.05 Å². The number of nitrogens with zero attached hydrogens (tertiary/aromatic N) is 4. The first-order chi connectivity index (χ1) is 13.6. The zero-order valence-corrected chi connectivity index (χ0v) is 15.9. The minimum atomic E-state index is -0.327. The molecule has 0 atom stereocenters. The molecule has 1 amide bonds. The number of halogens is 1. The number of hydrogen-bond acceptors (Lipinski definition) is 5. The fourth-order valence-corrected chi connectivity index (χ4v) is 3.17. The van der Waals surface area contributed by atoms with Crippen molar-refractivity contribution in [3.63, 3.8) is 0 Å². The van der Waals surface area contributed by atoms with E-state index in [0.29, 0.717) is 38.8 Å². The van der Waals surface area contributed by atoms with E-state index < -0.39 is 0 Å². The maximum Gasteiger partial charge on any atom is 0.259 e. The maximum atomic E-state index is 13.0. The van der Waals surface area contributed by atoms with Crippen LogP contribution < -0.4 is 10.1 Å². The first-order valence-electron chi connectivity index (χ1n) is 8.44. The van der Waals surface area contributed by atoms with Crippen molar-refractivity contribution in [2.45, 2.75) is 0 Å². The summed E-state index contributed by atoms with van der Waals surface area (Å²) in [5.74, 6) is 0.277. The Hall–Kier alpha value is -3.45. The third kappa shape index (κ3) is 3.27. The minimum Gasteiger partial charge on any atom is -0.496 e. The summed E-state index contributed by atoms with van der Waals surface area (Å²) in [5.41, 5.74) is 2.73. The number of pyridine rings is 2. The van der Waals surface area contributed by atoms with Crippen LogP contribution in [0.2, 0.25) is 5.02 Å². The van der Waals surface area contributed by atoms with Crippen molar-refractivity contribution in [1.82, 2.24) is 19.7 Å². The molecular weight excluding hydrogens is 378 g/mol. The molecule has 0 aliphatic heterocycles. The molecule has 1 N–H and O–H groups in total. The van der Waals surface area contributed by atoms with Gasteiger partial charge in [-0.1, -0.05) is 11.6 Å². The molecule has 0 spiro atoms. The Morgan fingerprint density at radius 1 is 1.25 bits per heavy atom. The lowest BCUT2D eigenvalue weighted by atomic mass is 10.1. The van der Waals surface area contributed by atoms with E-state index in [-0.39, 0.29) is 5.91 Å². The second kappa shape index (κ2) is 7.28. The van der Waals surface area contributed by atoms with Crippen LogP contribution in [0.25, 0.3) is 22.2 Å². The summed E-state index contributed by atoms with van der Waals surface area (Å²) in [6, 6.07) is 8.91. The lowest BCUT2D eigenvalue weighted by molar-refractivity contribution is 0.102. The Balaban J connectivity index is 1.76. The van der Waals surface area contributed by atoms with E-state index in [9.17, 15) is 4.79 Å². The van der Waals surface area contributed by atoms with Gasteiger partial charge in [0.25, 0.3) is 5.91 Å². The highest BCUT2D eigenvalue weighted by molar-refractivity contribution is 6.31. The van der Waals surface area contributed by atoms with Crippen molar-refractivity contribution >= 4 is 34.1 Å². The van der Waals surface area contributed by atoms with Gasteiger partial charge in [0.05, 0.1) is 23.9 Å². The molecule has 4 rings (SSSR count). The molecule has 0 saturated heterocycles. The van der Waals surface area contributed by atoms with Crippen molar-refractivity contribution < 1.29 is 9.53 Å². The number of methoxy groups -OCH3 is 1. The maximum absolute atomic E-state index is 13.0. The molecule has 0 bridgehead atoms. The number of aromatic nitrogens is 4. The Labute approximate surface area is 165 Å². The minimum absolute atomic E-state index is 0.327. The van der Waals surface area contributed by atoms with Crippen LogP contribution in [0.15, 0.2) is 55.1 Å². The monoisotopic (exact) mass is 393 g/mol. The van der Waals surface area contributed by atoms with Gasteiger partial charge in [-0.3, -0.25) is 19.4 Å². The molecule has 140 valence electrons. The van der Waals surface area contributed by atoms with Crippen LogP contribution in [-0.4, -0.2) is 32.8 Å². The number of carbonyl (C=O) groups excluding carboxylic acids is 1. The number of amides is 1. The zero-order valence-electron chi connectivity index (χ0n) is 15.2. The predicted molar refractivity (Wildman–Crippen MR) is 108 cm³/mol. The number of fused-ring (bicyclic) bond motifs is 1. The number of anilines is 1. The van der Waals surface area contributed by atoms with E-state index >= 15 is 0 Å². The summed E-state index contributed by atoms with van der Waals surface area (Å²) < 4.78 is 7.04. The fraction of sp³-hybridized carbons (Fsp3) is 0.100. The van der Waals surface area contributed by atoms with E-state index in [1.807, 2.05) is 6.07 Å². The van der Waals surface area contributed by atoms with Gasteiger partial charge in [0, 0.05) is 47.8 Å².